The van der Waals surface area contributed by atoms with Gasteiger partial charge in [-0.3, -0.25) is 18.8 Å². The molecule has 21 heavy (non-hydrogen) atoms. The maximum absolute atomic E-state index is 11.8. The molecule has 0 bridgehead atoms. The molecule has 1 amide bonds. The highest BCUT2D eigenvalue weighted by atomic mass is 32.2. The summed E-state index contributed by atoms with van der Waals surface area (Å²) in [7, 11) is 0. The Labute approximate surface area is 128 Å². The van der Waals surface area contributed by atoms with E-state index in [0.29, 0.717) is 16.4 Å². The largest absolute Gasteiger partial charge is 0.480 e. The SMILES string of the molecule is C[C@H](NC(=O)CSCc1cc(=O)n2ccsc2n1)C(=O)O. The van der Waals surface area contributed by atoms with Gasteiger partial charge in [0.2, 0.25) is 5.91 Å². The van der Waals surface area contributed by atoms with Crippen LogP contribution in [0.3, 0.4) is 0 Å². The van der Waals surface area contributed by atoms with Gasteiger partial charge >= 0.3 is 5.97 Å². The number of carboxylic acid groups (broad SMARTS) is 1. The highest BCUT2D eigenvalue weighted by molar-refractivity contribution is 7.99. The van der Waals surface area contributed by atoms with Crippen molar-refractivity contribution in [3.05, 3.63) is 33.7 Å². The van der Waals surface area contributed by atoms with E-state index in [1.54, 1.807) is 11.6 Å². The van der Waals surface area contributed by atoms with E-state index in [4.69, 9.17) is 5.11 Å². The zero-order chi connectivity index (χ0) is 15.4. The summed E-state index contributed by atoms with van der Waals surface area (Å²) >= 11 is 2.64. The van der Waals surface area contributed by atoms with Crippen LogP contribution in [0.4, 0.5) is 0 Å². The summed E-state index contributed by atoms with van der Waals surface area (Å²) < 4.78 is 1.46. The van der Waals surface area contributed by atoms with Crippen molar-refractivity contribution in [1.82, 2.24) is 14.7 Å². The lowest BCUT2D eigenvalue weighted by Gasteiger charge is -2.08. The standard InChI is InChI=1S/C12H13N3O4S2/c1-7(11(18)19)13-9(16)6-20-5-8-4-10(17)15-2-3-21-12(15)14-8/h2-4,7H,5-6H2,1H3,(H,13,16)(H,18,19)/t7-/m0/s1. The minimum atomic E-state index is -1.08. The van der Waals surface area contributed by atoms with Crippen LogP contribution in [-0.4, -0.2) is 38.2 Å². The van der Waals surface area contributed by atoms with Crippen molar-refractivity contribution in [2.45, 2.75) is 18.7 Å². The second-order valence-corrected chi connectivity index (χ2v) is 6.12. The second kappa shape index (κ2) is 6.72. The highest BCUT2D eigenvalue weighted by Gasteiger charge is 2.13. The lowest BCUT2D eigenvalue weighted by Crippen LogP contribution is -2.39. The van der Waals surface area contributed by atoms with Crippen LogP contribution in [0.1, 0.15) is 12.6 Å². The van der Waals surface area contributed by atoms with E-state index in [9.17, 15) is 14.4 Å². The number of thiazole rings is 1. The van der Waals surface area contributed by atoms with E-state index in [1.807, 2.05) is 0 Å². The molecule has 0 saturated carbocycles. The summed E-state index contributed by atoms with van der Waals surface area (Å²) in [5.41, 5.74) is 0.451. The van der Waals surface area contributed by atoms with Gasteiger partial charge in [-0.15, -0.1) is 23.1 Å². The summed E-state index contributed by atoms with van der Waals surface area (Å²) in [6.07, 6.45) is 1.66. The van der Waals surface area contributed by atoms with Crippen molar-refractivity contribution in [2.75, 3.05) is 5.75 Å². The van der Waals surface area contributed by atoms with E-state index in [0.717, 1.165) is 0 Å². The Morgan fingerprint density at radius 2 is 2.33 bits per heavy atom. The first-order valence-electron chi connectivity index (χ1n) is 6.03. The average molecular weight is 327 g/mol. The fourth-order valence-electron chi connectivity index (χ4n) is 1.55. The van der Waals surface area contributed by atoms with Crippen molar-refractivity contribution in [3.8, 4) is 0 Å². The Hall–Kier alpha value is -1.87. The molecule has 0 aromatic carbocycles. The second-order valence-electron chi connectivity index (χ2n) is 4.26. The molecule has 0 saturated heterocycles. The van der Waals surface area contributed by atoms with Crippen LogP contribution < -0.4 is 10.9 Å². The quantitative estimate of drug-likeness (QED) is 0.805. The predicted molar refractivity (Wildman–Crippen MR) is 80.7 cm³/mol. The van der Waals surface area contributed by atoms with Crippen molar-refractivity contribution in [1.29, 1.82) is 0 Å². The van der Waals surface area contributed by atoms with Gasteiger partial charge in [0.1, 0.15) is 6.04 Å². The first-order valence-corrected chi connectivity index (χ1v) is 8.06. The van der Waals surface area contributed by atoms with Crippen LogP contribution in [0.2, 0.25) is 0 Å². The number of hydrogen-bond acceptors (Lipinski definition) is 6. The number of nitrogens with zero attached hydrogens (tertiary/aromatic N) is 2. The fraction of sp³-hybridized carbons (Fsp3) is 0.333. The third-order valence-electron chi connectivity index (χ3n) is 2.59. The zero-order valence-corrected chi connectivity index (χ0v) is 12.7. The minimum Gasteiger partial charge on any atom is -0.480 e. The summed E-state index contributed by atoms with van der Waals surface area (Å²) in [5, 5.41) is 12.8. The molecule has 2 aromatic heterocycles. The molecular weight excluding hydrogens is 314 g/mol. The molecule has 0 fully saturated rings. The van der Waals surface area contributed by atoms with Crippen molar-refractivity contribution >= 4 is 39.9 Å². The summed E-state index contributed by atoms with van der Waals surface area (Å²) in [6, 6.07) is 0.521. The Balaban J connectivity index is 1.89. The predicted octanol–water partition coefficient (Wildman–Crippen LogP) is 0.578. The molecule has 112 valence electrons. The Kier molecular flexibility index (Phi) is 4.97. The van der Waals surface area contributed by atoms with Crippen LogP contribution in [0.25, 0.3) is 4.96 Å². The number of carbonyl (C=O) groups excluding carboxylic acids is 1. The minimum absolute atomic E-state index is 0.114. The Morgan fingerprint density at radius 1 is 1.57 bits per heavy atom. The number of nitrogens with one attached hydrogen (secondary N) is 1. The number of rotatable bonds is 6. The van der Waals surface area contributed by atoms with Gasteiger partial charge in [0, 0.05) is 23.4 Å². The highest BCUT2D eigenvalue weighted by Crippen LogP contribution is 2.12. The molecule has 0 unspecified atom stereocenters. The maximum atomic E-state index is 11.8. The number of aliphatic carboxylic acids is 1. The Bertz CT molecular complexity index is 725. The van der Waals surface area contributed by atoms with Crippen LogP contribution >= 0.6 is 23.1 Å². The van der Waals surface area contributed by atoms with Crippen LogP contribution in [-0.2, 0) is 15.3 Å². The topological polar surface area (TPSA) is 101 Å². The van der Waals surface area contributed by atoms with E-state index in [-0.39, 0.29) is 17.2 Å². The van der Waals surface area contributed by atoms with Gasteiger partial charge < -0.3 is 10.4 Å². The van der Waals surface area contributed by atoms with Crippen molar-refractivity contribution < 1.29 is 14.7 Å². The van der Waals surface area contributed by atoms with Gasteiger partial charge in [0.05, 0.1) is 11.4 Å². The molecule has 2 rings (SSSR count). The normalized spacial score (nSPS) is 12.2. The number of thioether (sulfide) groups is 1. The zero-order valence-electron chi connectivity index (χ0n) is 11.1. The molecule has 7 nitrogen and oxygen atoms in total. The lowest BCUT2D eigenvalue weighted by atomic mass is 10.3. The van der Waals surface area contributed by atoms with Gasteiger partial charge in [-0.2, -0.15) is 0 Å². The number of amides is 1. The van der Waals surface area contributed by atoms with Crippen LogP contribution in [0.5, 0.6) is 0 Å². The van der Waals surface area contributed by atoms with E-state index >= 15 is 0 Å². The van der Waals surface area contributed by atoms with Crippen LogP contribution in [0.15, 0.2) is 22.4 Å². The van der Waals surface area contributed by atoms with E-state index < -0.39 is 12.0 Å². The first-order chi connectivity index (χ1) is 9.97. The smallest absolute Gasteiger partial charge is 0.325 e. The molecule has 2 aromatic rings. The van der Waals surface area contributed by atoms with E-state index in [1.165, 1.54) is 40.5 Å². The Morgan fingerprint density at radius 3 is 3.05 bits per heavy atom. The third-order valence-corrected chi connectivity index (χ3v) is 4.31. The summed E-state index contributed by atoms with van der Waals surface area (Å²) in [4.78, 5) is 38.8. The number of fused-ring (bicyclic) bond motifs is 1. The molecule has 2 heterocycles. The summed E-state index contributed by atoms with van der Waals surface area (Å²) in [6.45, 7) is 1.40. The third kappa shape index (κ3) is 4.05. The van der Waals surface area contributed by atoms with Gasteiger partial charge in [-0.25, -0.2) is 4.98 Å². The van der Waals surface area contributed by atoms with Crippen molar-refractivity contribution in [3.63, 3.8) is 0 Å². The van der Waals surface area contributed by atoms with E-state index in [2.05, 4.69) is 10.3 Å². The van der Waals surface area contributed by atoms with Gasteiger partial charge in [0.15, 0.2) is 4.96 Å². The number of carboxylic acids is 1. The molecule has 0 radical (unpaired) electrons. The van der Waals surface area contributed by atoms with Gasteiger partial charge in [-0.1, -0.05) is 0 Å². The van der Waals surface area contributed by atoms with Crippen molar-refractivity contribution in [2.24, 2.45) is 0 Å². The summed E-state index contributed by atoms with van der Waals surface area (Å²) in [5.74, 6) is -0.906. The molecule has 0 aliphatic heterocycles. The van der Waals surface area contributed by atoms with Gasteiger partial charge in [0.25, 0.3) is 5.56 Å². The number of aromatic nitrogens is 2. The maximum Gasteiger partial charge on any atom is 0.325 e. The lowest BCUT2D eigenvalue weighted by molar-refractivity contribution is -0.140. The molecule has 9 heteroatoms. The monoisotopic (exact) mass is 327 g/mol. The number of carbonyl (C=O) groups is 2. The molecule has 0 aliphatic rings. The van der Waals surface area contributed by atoms with Crippen LogP contribution in [0, 0.1) is 0 Å². The fourth-order valence-corrected chi connectivity index (χ4v) is 3.02. The molecule has 2 N–H and O–H groups in total. The van der Waals surface area contributed by atoms with Gasteiger partial charge in [-0.05, 0) is 6.92 Å². The average Bonchev–Trinajstić information content (AvgIpc) is 2.87. The molecular formula is C12H13N3O4S2. The molecule has 1 atom stereocenters. The first kappa shape index (κ1) is 15.5. The molecule has 0 aliphatic carbocycles. The number of hydrogen-bond donors (Lipinski definition) is 2. The molecule has 0 spiro atoms.